The van der Waals surface area contributed by atoms with Crippen LogP contribution in [-0.2, 0) is 6.42 Å². The van der Waals surface area contributed by atoms with E-state index in [4.69, 9.17) is 11.1 Å². The van der Waals surface area contributed by atoms with Crippen LogP contribution in [0.4, 0.5) is 0 Å². The van der Waals surface area contributed by atoms with Gasteiger partial charge < -0.3 is 20.7 Å². The number of aryl methyl sites for hydroxylation is 1. The average molecular weight is 431 g/mol. The molecule has 0 aliphatic carbocycles. The van der Waals surface area contributed by atoms with Gasteiger partial charge in [0.2, 0.25) is 5.56 Å². The van der Waals surface area contributed by atoms with Gasteiger partial charge >= 0.3 is 0 Å². The van der Waals surface area contributed by atoms with Crippen molar-refractivity contribution in [2.24, 2.45) is 5.73 Å². The quantitative estimate of drug-likeness (QED) is 0.354. The van der Waals surface area contributed by atoms with E-state index in [0.717, 1.165) is 36.0 Å². The number of pyridine rings is 1. The average Bonchev–Trinajstić information content (AvgIpc) is 3.27. The first-order valence-electron chi connectivity index (χ1n) is 10.7. The number of carbonyl (C=O) groups excluding carboxylic acids is 1. The van der Waals surface area contributed by atoms with E-state index >= 15 is 0 Å². The van der Waals surface area contributed by atoms with Crippen molar-refractivity contribution in [3.8, 4) is 16.9 Å². The van der Waals surface area contributed by atoms with Gasteiger partial charge in [-0.2, -0.15) is 0 Å². The Morgan fingerprint density at radius 2 is 1.81 bits per heavy atom. The normalized spacial score (nSPS) is 15.6. The number of nitrogens with zero attached hydrogens (tertiary/aromatic N) is 1. The zero-order valence-corrected chi connectivity index (χ0v) is 17.7. The number of hydrogen-bond acceptors (Lipinski definition) is 4. The molecule has 1 saturated heterocycles. The first-order valence-corrected chi connectivity index (χ1v) is 10.7. The van der Waals surface area contributed by atoms with Crippen molar-refractivity contribution in [3.63, 3.8) is 0 Å². The van der Waals surface area contributed by atoms with E-state index in [-0.39, 0.29) is 29.1 Å². The molecule has 1 aliphatic rings. The Labute approximate surface area is 186 Å². The predicted molar refractivity (Wildman–Crippen MR) is 124 cm³/mol. The minimum absolute atomic E-state index is 0.00206. The number of amides is 1. The summed E-state index contributed by atoms with van der Waals surface area (Å²) in [7, 11) is 0. The predicted octanol–water partition coefficient (Wildman–Crippen LogP) is 3.27. The number of phenolic OH excluding ortho intramolecular Hbond substituents is 1. The lowest BCUT2D eigenvalue weighted by atomic mass is 10.00. The number of amidine groups is 1. The number of likely N-dealkylation sites (tertiary alicyclic amines) is 1. The lowest BCUT2D eigenvalue weighted by molar-refractivity contribution is 0.0730. The summed E-state index contributed by atoms with van der Waals surface area (Å²) in [5.74, 6) is 0.153. The fourth-order valence-corrected chi connectivity index (χ4v) is 4.24. The zero-order chi connectivity index (χ0) is 22.7. The number of aromatic nitrogens is 1. The van der Waals surface area contributed by atoms with Gasteiger partial charge in [-0.3, -0.25) is 15.0 Å². The molecule has 0 saturated carbocycles. The van der Waals surface area contributed by atoms with Crippen LogP contribution >= 0.6 is 0 Å². The lowest BCUT2D eigenvalue weighted by Gasteiger charge is -2.25. The molecule has 0 spiro atoms. The zero-order valence-electron chi connectivity index (χ0n) is 17.7. The third-order valence-corrected chi connectivity index (χ3v) is 6.02. The van der Waals surface area contributed by atoms with E-state index in [2.05, 4.69) is 4.98 Å². The fourth-order valence-electron chi connectivity index (χ4n) is 4.24. The number of nitrogens with two attached hydrogens (primary N) is 1. The summed E-state index contributed by atoms with van der Waals surface area (Å²) in [4.78, 5) is 29.0. The van der Waals surface area contributed by atoms with Crippen molar-refractivity contribution < 1.29 is 9.90 Å². The van der Waals surface area contributed by atoms with Gasteiger partial charge in [-0.05, 0) is 78.8 Å². The van der Waals surface area contributed by atoms with Gasteiger partial charge in [0.1, 0.15) is 11.6 Å². The Kier molecular flexibility index (Phi) is 6.07. The summed E-state index contributed by atoms with van der Waals surface area (Å²) in [5.41, 5.74) is 9.18. The van der Waals surface area contributed by atoms with Crippen LogP contribution in [0.3, 0.4) is 0 Å². The van der Waals surface area contributed by atoms with E-state index in [9.17, 15) is 14.7 Å². The highest BCUT2D eigenvalue weighted by Gasteiger charge is 2.29. The van der Waals surface area contributed by atoms with Crippen molar-refractivity contribution >= 4 is 11.7 Å². The molecule has 1 aromatic heterocycles. The number of aromatic amines is 1. The van der Waals surface area contributed by atoms with E-state index in [1.807, 2.05) is 29.2 Å². The summed E-state index contributed by atoms with van der Waals surface area (Å²) in [6.45, 7) is 0.713. The summed E-state index contributed by atoms with van der Waals surface area (Å²) < 4.78 is 0. The van der Waals surface area contributed by atoms with Crippen LogP contribution < -0.4 is 11.3 Å². The second kappa shape index (κ2) is 9.09. The largest absolute Gasteiger partial charge is 0.508 e. The molecule has 7 heteroatoms. The molecular weight excluding hydrogens is 404 g/mol. The molecule has 3 aromatic rings. The number of rotatable bonds is 6. The van der Waals surface area contributed by atoms with Crippen LogP contribution in [0.1, 0.15) is 40.7 Å². The molecule has 5 N–H and O–H groups in total. The Balaban J connectivity index is 1.44. The van der Waals surface area contributed by atoms with Gasteiger partial charge in [-0.25, -0.2) is 0 Å². The summed E-state index contributed by atoms with van der Waals surface area (Å²) in [5, 5.41) is 17.8. The van der Waals surface area contributed by atoms with Crippen molar-refractivity contribution in [1.82, 2.24) is 9.88 Å². The topological polar surface area (TPSA) is 123 Å². The van der Waals surface area contributed by atoms with E-state index in [0.29, 0.717) is 24.1 Å². The molecule has 0 bridgehead atoms. The van der Waals surface area contributed by atoms with Gasteiger partial charge in [-0.1, -0.05) is 12.1 Å². The van der Waals surface area contributed by atoms with Gasteiger partial charge in [-0.15, -0.1) is 0 Å². The standard InChI is InChI=1S/C25H26N4O3/c26-24(27)19-8-11-22(30)18(14-19)7-10-21-2-1-13-29(21)25(32)17-5-3-16(4-6-17)20-9-12-23(31)28-15-20/h3-6,8-9,11-12,14-15,21,30H,1-2,7,10,13H2,(H3,26,27)(H,28,31)/t21-/m0/s1. The van der Waals surface area contributed by atoms with Gasteiger partial charge in [0, 0.05) is 36.0 Å². The SMILES string of the molecule is N=C(N)c1ccc(O)c(CC[C@@H]2CCCN2C(=O)c2ccc(-c3ccc(=O)[nH]c3)cc2)c1. The van der Waals surface area contributed by atoms with Crippen LogP contribution in [0.15, 0.2) is 65.6 Å². The van der Waals surface area contributed by atoms with E-state index < -0.39 is 0 Å². The molecule has 164 valence electrons. The molecule has 7 nitrogen and oxygen atoms in total. The van der Waals surface area contributed by atoms with Crippen LogP contribution in [-0.4, -0.2) is 39.3 Å². The van der Waals surface area contributed by atoms with Gasteiger partial charge in [0.05, 0.1) is 0 Å². The minimum Gasteiger partial charge on any atom is -0.508 e. The second-order valence-electron chi connectivity index (χ2n) is 8.11. The highest BCUT2D eigenvalue weighted by atomic mass is 16.3. The van der Waals surface area contributed by atoms with Crippen molar-refractivity contribution in [2.75, 3.05) is 6.54 Å². The Hall–Kier alpha value is -3.87. The highest BCUT2D eigenvalue weighted by Crippen LogP contribution is 2.27. The van der Waals surface area contributed by atoms with E-state index in [1.54, 1.807) is 30.5 Å². The Morgan fingerprint density at radius 3 is 2.50 bits per heavy atom. The number of nitrogen functional groups attached to an aromatic ring is 1. The lowest BCUT2D eigenvalue weighted by Crippen LogP contribution is -2.35. The maximum atomic E-state index is 13.2. The van der Waals surface area contributed by atoms with Crippen LogP contribution in [0, 0.1) is 5.41 Å². The summed E-state index contributed by atoms with van der Waals surface area (Å²) in [6.07, 6.45) is 4.87. The number of benzene rings is 2. The molecule has 0 unspecified atom stereocenters. The third-order valence-electron chi connectivity index (χ3n) is 6.02. The molecule has 1 atom stereocenters. The molecule has 32 heavy (non-hydrogen) atoms. The Morgan fingerprint density at radius 1 is 1.09 bits per heavy atom. The maximum Gasteiger partial charge on any atom is 0.254 e. The van der Waals surface area contributed by atoms with Crippen LogP contribution in [0.25, 0.3) is 11.1 Å². The number of hydrogen-bond donors (Lipinski definition) is 4. The molecule has 2 aromatic carbocycles. The summed E-state index contributed by atoms with van der Waals surface area (Å²) in [6, 6.07) is 15.7. The molecule has 0 radical (unpaired) electrons. The fraction of sp³-hybridized carbons (Fsp3) is 0.240. The minimum atomic E-state index is -0.151. The molecule has 1 amide bonds. The number of aromatic hydroxyl groups is 1. The highest BCUT2D eigenvalue weighted by molar-refractivity contribution is 5.95. The number of H-pyrrole nitrogens is 1. The smallest absolute Gasteiger partial charge is 0.254 e. The second-order valence-corrected chi connectivity index (χ2v) is 8.11. The third kappa shape index (κ3) is 4.56. The van der Waals surface area contributed by atoms with Crippen LogP contribution in [0.2, 0.25) is 0 Å². The molecular formula is C25H26N4O3. The molecule has 4 rings (SSSR count). The van der Waals surface area contributed by atoms with Crippen molar-refractivity contribution in [3.05, 3.63) is 87.8 Å². The number of carbonyl (C=O) groups is 1. The van der Waals surface area contributed by atoms with Gasteiger partial charge in [0.15, 0.2) is 0 Å². The number of phenols is 1. The van der Waals surface area contributed by atoms with Crippen molar-refractivity contribution in [2.45, 2.75) is 31.7 Å². The van der Waals surface area contributed by atoms with E-state index in [1.165, 1.54) is 6.07 Å². The Bertz CT molecular complexity index is 1180. The molecule has 1 aliphatic heterocycles. The number of nitrogens with one attached hydrogen (secondary N) is 2. The summed E-state index contributed by atoms with van der Waals surface area (Å²) >= 11 is 0. The molecule has 2 heterocycles. The first kappa shape index (κ1) is 21.4. The van der Waals surface area contributed by atoms with Crippen molar-refractivity contribution in [1.29, 1.82) is 5.41 Å². The monoisotopic (exact) mass is 430 g/mol. The van der Waals surface area contributed by atoms with Gasteiger partial charge in [0.25, 0.3) is 5.91 Å². The van der Waals surface area contributed by atoms with Crippen LogP contribution in [0.5, 0.6) is 5.75 Å². The maximum absolute atomic E-state index is 13.2. The molecule has 1 fully saturated rings. The first-order chi connectivity index (χ1) is 15.4.